The number of carbonyl (C=O) groups excluding carboxylic acids is 2. The molecule has 0 rings (SSSR count). The molecule has 2 amide bonds. The first kappa shape index (κ1) is 40.4. The topological polar surface area (TPSA) is 113 Å². The van der Waals surface area contributed by atoms with E-state index in [4.69, 9.17) is 5.73 Å². The second kappa shape index (κ2) is 30.8. The van der Waals surface area contributed by atoms with Crippen molar-refractivity contribution in [1.82, 2.24) is 10.2 Å². The molecule has 7 heteroatoms. The molecular formula is C35H69N3O4. The molecule has 0 aliphatic heterocycles. The first-order valence-electron chi connectivity index (χ1n) is 18.0. The van der Waals surface area contributed by atoms with Gasteiger partial charge < -0.3 is 21.1 Å². The fraction of sp³-hybridized carbons (Fsp3) is 0.914. The highest BCUT2D eigenvalue weighted by Gasteiger charge is 2.26. The van der Waals surface area contributed by atoms with Gasteiger partial charge in [-0.25, -0.2) is 0 Å². The third kappa shape index (κ3) is 26.0. The van der Waals surface area contributed by atoms with E-state index in [1.54, 1.807) is 0 Å². The number of nitrogens with zero attached hydrogens (tertiary/aromatic N) is 1. The van der Waals surface area contributed by atoms with E-state index in [1.807, 2.05) is 4.90 Å². The Balaban J connectivity index is 4.83. The molecule has 0 unspecified atom stereocenters. The molecule has 42 heavy (non-hydrogen) atoms. The van der Waals surface area contributed by atoms with Crippen molar-refractivity contribution in [3.8, 4) is 0 Å². The Morgan fingerprint density at radius 2 is 1.00 bits per heavy atom. The first-order valence-corrected chi connectivity index (χ1v) is 18.0. The van der Waals surface area contributed by atoms with E-state index in [-0.39, 0.29) is 24.7 Å². The molecule has 4 N–H and O–H groups in total. The van der Waals surface area contributed by atoms with E-state index in [1.165, 1.54) is 103 Å². The molecule has 0 aromatic rings. The maximum atomic E-state index is 13.7. The fourth-order valence-corrected chi connectivity index (χ4v) is 5.53. The van der Waals surface area contributed by atoms with Crippen LogP contribution in [0.5, 0.6) is 0 Å². The molecule has 0 radical (unpaired) electrons. The highest BCUT2D eigenvalue weighted by Crippen LogP contribution is 2.14. The number of rotatable bonds is 32. The van der Waals surface area contributed by atoms with Gasteiger partial charge in [-0.2, -0.15) is 0 Å². The average molecular weight is 596 g/mol. The van der Waals surface area contributed by atoms with Gasteiger partial charge in [-0.05, 0) is 38.6 Å². The third-order valence-electron chi connectivity index (χ3n) is 8.26. The second-order valence-corrected chi connectivity index (χ2v) is 12.3. The first-order chi connectivity index (χ1) is 20.5. The zero-order valence-electron chi connectivity index (χ0n) is 27.8. The molecule has 0 aromatic heterocycles. The van der Waals surface area contributed by atoms with Crippen LogP contribution in [-0.4, -0.2) is 53.5 Å². The Labute approximate surface area is 259 Å². The standard InChI is InChI=1S/C35H69N3O4/c1-3-5-7-9-11-13-15-17-19-24-30-38(31-25-20-18-16-14-12-10-8-6-4-2)35(42)32(27-28-34(40)41)37-33(39)26-22-21-23-29-36/h32H,3-31,36H2,1-2H3,(H,37,39)(H,40,41)/t32-/m0/s1. The van der Waals surface area contributed by atoms with Crippen LogP contribution < -0.4 is 11.1 Å². The van der Waals surface area contributed by atoms with Gasteiger partial charge in [0.15, 0.2) is 0 Å². The Morgan fingerprint density at radius 3 is 1.40 bits per heavy atom. The van der Waals surface area contributed by atoms with Crippen LogP contribution in [0.2, 0.25) is 0 Å². The van der Waals surface area contributed by atoms with Crippen LogP contribution in [0.4, 0.5) is 0 Å². The number of carbonyl (C=O) groups is 3. The number of carboxylic acids is 1. The number of amides is 2. The van der Waals surface area contributed by atoms with E-state index in [2.05, 4.69) is 19.2 Å². The van der Waals surface area contributed by atoms with Gasteiger partial charge in [0.25, 0.3) is 0 Å². The lowest BCUT2D eigenvalue weighted by atomic mass is 10.0. The number of aliphatic carboxylic acids is 1. The summed E-state index contributed by atoms with van der Waals surface area (Å²) in [4.78, 5) is 39.5. The summed E-state index contributed by atoms with van der Waals surface area (Å²) >= 11 is 0. The summed E-state index contributed by atoms with van der Waals surface area (Å²) in [6.07, 6.45) is 27.7. The molecule has 0 aliphatic carbocycles. The molecule has 7 nitrogen and oxygen atoms in total. The lowest BCUT2D eigenvalue weighted by Crippen LogP contribution is -2.49. The largest absolute Gasteiger partial charge is 0.481 e. The Morgan fingerprint density at radius 1 is 0.595 bits per heavy atom. The highest BCUT2D eigenvalue weighted by atomic mass is 16.4. The molecular weight excluding hydrogens is 526 g/mol. The van der Waals surface area contributed by atoms with Crippen molar-refractivity contribution in [1.29, 1.82) is 0 Å². The highest BCUT2D eigenvalue weighted by molar-refractivity contribution is 5.88. The summed E-state index contributed by atoms with van der Waals surface area (Å²) in [5.74, 6) is -1.23. The van der Waals surface area contributed by atoms with E-state index < -0.39 is 12.0 Å². The van der Waals surface area contributed by atoms with Crippen LogP contribution in [0.1, 0.15) is 181 Å². The molecule has 0 saturated heterocycles. The number of nitrogens with two attached hydrogens (primary N) is 1. The monoisotopic (exact) mass is 596 g/mol. The van der Waals surface area contributed by atoms with Crippen LogP contribution in [0.25, 0.3) is 0 Å². The van der Waals surface area contributed by atoms with Crippen molar-refractivity contribution < 1.29 is 19.5 Å². The van der Waals surface area contributed by atoms with Crippen molar-refractivity contribution in [3.05, 3.63) is 0 Å². The molecule has 0 spiro atoms. The molecule has 0 aliphatic rings. The zero-order chi connectivity index (χ0) is 31.1. The molecule has 0 fully saturated rings. The lowest BCUT2D eigenvalue weighted by Gasteiger charge is -2.28. The Kier molecular flexibility index (Phi) is 29.6. The number of carboxylic acid groups (broad SMARTS) is 1. The normalized spacial score (nSPS) is 11.9. The van der Waals surface area contributed by atoms with Crippen LogP contribution in [0, 0.1) is 0 Å². The maximum absolute atomic E-state index is 13.7. The predicted molar refractivity (Wildman–Crippen MR) is 177 cm³/mol. The minimum Gasteiger partial charge on any atom is -0.481 e. The van der Waals surface area contributed by atoms with E-state index in [9.17, 15) is 19.5 Å². The predicted octanol–water partition coefficient (Wildman–Crippen LogP) is 8.53. The van der Waals surface area contributed by atoms with E-state index in [0.717, 1.165) is 44.9 Å². The van der Waals surface area contributed by atoms with Gasteiger partial charge in [-0.1, -0.05) is 136 Å². The third-order valence-corrected chi connectivity index (χ3v) is 8.26. The second-order valence-electron chi connectivity index (χ2n) is 12.3. The van der Waals surface area contributed by atoms with Gasteiger partial charge in [0.1, 0.15) is 6.04 Å². The van der Waals surface area contributed by atoms with E-state index >= 15 is 0 Å². The quantitative estimate of drug-likeness (QED) is 0.0675. The SMILES string of the molecule is CCCCCCCCCCCCN(CCCCCCCCCCCC)C(=O)[C@H](CCC(=O)O)NC(=O)CCCCCN. The smallest absolute Gasteiger partial charge is 0.303 e. The van der Waals surface area contributed by atoms with Gasteiger partial charge in [-0.3, -0.25) is 14.4 Å². The van der Waals surface area contributed by atoms with Crippen molar-refractivity contribution in [2.45, 2.75) is 187 Å². The van der Waals surface area contributed by atoms with E-state index in [0.29, 0.717) is 26.1 Å². The summed E-state index contributed by atoms with van der Waals surface area (Å²) in [6.45, 7) is 6.47. The minimum absolute atomic E-state index is 0.113. The minimum atomic E-state index is -0.944. The molecule has 0 bridgehead atoms. The van der Waals surface area contributed by atoms with Gasteiger partial charge in [0, 0.05) is 25.9 Å². The maximum Gasteiger partial charge on any atom is 0.303 e. The van der Waals surface area contributed by atoms with Gasteiger partial charge in [0.2, 0.25) is 11.8 Å². The number of nitrogens with one attached hydrogen (secondary N) is 1. The van der Waals surface area contributed by atoms with Gasteiger partial charge >= 0.3 is 5.97 Å². The summed E-state index contributed by atoms with van der Waals surface area (Å²) < 4.78 is 0. The van der Waals surface area contributed by atoms with Crippen molar-refractivity contribution in [2.75, 3.05) is 19.6 Å². The average Bonchev–Trinajstić information content (AvgIpc) is 2.97. The Hall–Kier alpha value is -1.63. The molecule has 1 atom stereocenters. The van der Waals surface area contributed by atoms with Gasteiger partial charge in [-0.15, -0.1) is 0 Å². The van der Waals surface area contributed by atoms with Crippen molar-refractivity contribution >= 4 is 17.8 Å². The lowest BCUT2D eigenvalue weighted by molar-refractivity contribution is -0.139. The Bertz CT molecular complexity index is 620. The van der Waals surface area contributed by atoms with Crippen LogP contribution in [-0.2, 0) is 14.4 Å². The molecule has 0 heterocycles. The summed E-state index contributed by atoms with van der Waals surface area (Å²) in [5.41, 5.74) is 5.55. The molecule has 0 aromatic carbocycles. The zero-order valence-corrected chi connectivity index (χ0v) is 27.8. The van der Waals surface area contributed by atoms with Crippen molar-refractivity contribution in [3.63, 3.8) is 0 Å². The summed E-state index contributed by atoms with van der Waals surface area (Å²) in [7, 11) is 0. The van der Waals surface area contributed by atoms with Crippen molar-refractivity contribution in [2.24, 2.45) is 5.73 Å². The molecule has 248 valence electrons. The summed E-state index contributed by atoms with van der Waals surface area (Å²) in [6, 6.07) is -0.769. The van der Waals surface area contributed by atoms with Crippen LogP contribution in [0.15, 0.2) is 0 Å². The number of hydrogen-bond donors (Lipinski definition) is 3. The number of unbranched alkanes of at least 4 members (excludes halogenated alkanes) is 20. The van der Waals surface area contributed by atoms with Gasteiger partial charge in [0.05, 0.1) is 0 Å². The van der Waals surface area contributed by atoms with Crippen LogP contribution >= 0.6 is 0 Å². The number of hydrogen-bond acceptors (Lipinski definition) is 4. The van der Waals surface area contributed by atoms with Crippen LogP contribution in [0.3, 0.4) is 0 Å². The summed E-state index contributed by atoms with van der Waals surface area (Å²) in [5, 5.41) is 12.2. The molecule has 0 saturated carbocycles. The fourth-order valence-electron chi connectivity index (χ4n) is 5.53.